The Morgan fingerprint density at radius 2 is 1.84 bits per heavy atom. The molecule has 2 heterocycles. The zero-order valence-corrected chi connectivity index (χ0v) is 13.7. The Bertz CT molecular complexity index is 1030. The number of carbonyl (C=O) groups excluding carboxylic acids is 1. The normalized spacial score (nSPS) is 10.8. The van der Waals surface area contributed by atoms with Gasteiger partial charge in [0.25, 0.3) is 5.91 Å². The van der Waals surface area contributed by atoms with E-state index >= 15 is 0 Å². The fraction of sp³-hybridized carbons (Fsp3) is 0.0500. The molecule has 1 N–H and O–H groups in total. The fourth-order valence-electron chi connectivity index (χ4n) is 2.74. The summed E-state index contributed by atoms with van der Waals surface area (Å²) in [6, 6.07) is 19.0. The predicted octanol–water partition coefficient (Wildman–Crippen LogP) is 3.98. The lowest BCUT2D eigenvalue weighted by Crippen LogP contribution is -2.16. The minimum Gasteiger partial charge on any atom is -0.306 e. The molecule has 122 valence electrons. The zero-order chi connectivity index (χ0) is 17.2. The van der Waals surface area contributed by atoms with Crippen molar-refractivity contribution < 1.29 is 4.79 Å². The van der Waals surface area contributed by atoms with Crippen molar-refractivity contribution in [3.05, 3.63) is 84.2 Å². The quantitative estimate of drug-likeness (QED) is 0.619. The minimum absolute atomic E-state index is 0.215. The molecule has 5 nitrogen and oxygen atoms in total. The number of hydrogen-bond acceptors (Lipinski definition) is 3. The van der Waals surface area contributed by atoms with Gasteiger partial charge in [0.05, 0.1) is 16.8 Å². The summed E-state index contributed by atoms with van der Waals surface area (Å²) in [7, 11) is 0. The molecular formula is C20H16N4O. The van der Waals surface area contributed by atoms with Gasteiger partial charge in [-0.3, -0.25) is 4.79 Å². The highest BCUT2D eigenvalue weighted by atomic mass is 16.1. The first-order valence-corrected chi connectivity index (χ1v) is 7.98. The molecule has 0 spiro atoms. The molecule has 0 unspecified atom stereocenters. The molecule has 25 heavy (non-hydrogen) atoms. The highest BCUT2D eigenvalue weighted by Crippen LogP contribution is 2.19. The molecule has 0 fully saturated rings. The first-order valence-electron chi connectivity index (χ1n) is 7.98. The number of nitrogens with zero attached hydrogens (tertiary/aromatic N) is 3. The summed E-state index contributed by atoms with van der Waals surface area (Å²) in [6.45, 7) is 1.96. The smallest absolute Gasteiger partial charge is 0.259 e. The van der Waals surface area contributed by atoms with Crippen molar-refractivity contribution in [1.82, 2.24) is 14.8 Å². The average Bonchev–Trinajstić information content (AvgIpc) is 3.06. The standard InChI is InChI=1S/C20H16N4O/c1-14-10-11-21-19(12-14)22-20(25)16-7-3-5-9-18(16)24-13-15-6-2-4-8-17(15)23-24/h2-13H,1H3,(H,21,22,25). The van der Waals surface area contributed by atoms with Crippen LogP contribution in [0.25, 0.3) is 16.6 Å². The van der Waals surface area contributed by atoms with Crippen LogP contribution >= 0.6 is 0 Å². The number of benzene rings is 2. The van der Waals surface area contributed by atoms with E-state index in [-0.39, 0.29) is 5.91 Å². The second-order valence-electron chi connectivity index (χ2n) is 5.82. The molecule has 2 aromatic carbocycles. The molecule has 4 rings (SSSR count). The Labute approximate surface area is 144 Å². The summed E-state index contributed by atoms with van der Waals surface area (Å²) in [5.41, 5.74) is 3.19. The van der Waals surface area contributed by atoms with Crippen molar-refractivity contribution in [3.63, 3.8) is 0 Å². The molecule has 2 aromatic heterocycles. The van der Waals surface area contributed by atoms with Crippen molar-refractivity contribution in [1.29, 1.82) is 0 Å². The number of rotatable bonds is 3. The van der Waals surface area contributed by atoms with Crippen LogP contribution in [0.5, 0.6) is 0 Å². The Hall–Kier alpha value is -3.47. The monoisotopic (exact) mass is 328 g/mol. The first-order chi connectivity index (χ1) is 12.2. The van der Waals surface area contributed by atoms with E-state index in [9.17, 15) is 4.79 Å². The summed E-state index contributed by atoms with van der Waals surface area (Å²) < 4.78 is 1.74. The van der Waals surface area contributed by atoms with Crippen molar-refractivity contribution in [2.45, 2.75) is 6.92 Å². The SMILES string of the molecule is Cc1ccnc(NC(=O)c2ccccc2-n2cc3ccccc3n2)c1. The minimum atomic E-state index is -0.215. The molecule has 0 radical (unpaired) electrons. The van der Waals surface area contributed by atoms with E-state index in [0.717, 1.165) is 22.2 Å². The van der Waals surface area contributed by atoms with Gasteiger partial charge in [-0.05, 0) is 42.8 Å². The third kappa shape index (κ3) is 2.99. The third-order valence-electron chi connectivity index (χ3n) is 3.97. The van der Waals surface area contributed by atoms with Crippen molar-refractivity contribution in [2.24, 2.45) is 0 Å². The molecule has 5 heteroatoms. The van der Waals surface area contributed by atoms with Gasteiger partial charge < -0.3 is 5.32 Å². The van der Waals surface area contributed by atoms with Gasteiger partial charge in [0.2, 0.25) is 0 Å². The maximum atomic E-state index is 12.7. The van der Waals surface area contributed by atoms with Crippen LogP contribution in [0.15, 0.2) is 73.1 Å². The number of nitrogens with one attached hydrogen (secondary N) is 1. The van der Waals surface area contributed by atoms with E-state index in [1.165, 1.54) is 0 Å². The summed E-state index contributed by atoms with van der Waals surface area (Å²) >= 11 is 0. The van der Waals surface area contributed by atoms with Crippen LogP contribution in [0, 0.1) is 6.92 Å². The highest BCUT2D eigenvalue weighted by Gasteiger charge is 2.14. The molecule has 0 aliphatic carbocycles. The van der Waals surface area contributed by atoms with E-state index in [4.69, 9.17) is 0 Å². The molecule has 0 aliphatic rings. The molecule has 0 atom stereocenters. The summed E-state index contributed by atoms with van der Waals surface area (Å²) in [6.07, 6.45) is 3.60. The lowest BCUT2D eigenvalue weighted by atomic mass is 10.1. The molecule has 0 saturated heterocycles. The molecule has 4 aromatic rings. The summed E-state index contributed by atoms with van der Waals surface area (Å²) in [5.74, 6) is 0.318. The van der Waals surface area contributed by atoms with Crippen LogP contribution in [0.1, 0.15) is 15.9 Å². The average molecular weight is 328 g/mol. The largest absolute Gasteiger partial charge is 0.306 e. The van der Waals surface area contributed by atoms with Gasteiger partial charge in [-0.2, -0.15) is 5.10 Å². The summed E-state index contributed by atoms with van der Waals surface area (Å²) in [4.78, 5) is 16.9. The number of carbonyl (C=O) groups is 1. The molecule has 0 bridgehead atoms. The second kappa shape index (κ2) is 6.20. The first kappa shape index (κ1) is 15.1. The number of anilines is 1. The fourth-order valence-corrected chi connectivity index (χ4v) is 2.74. The van der Waals surface area contributed by atoms with Crippen LogP contribution in [-0.4, -0.2) is 20.7 Å². The number of pyridine rings is 1. The van der Waals surface area contributed by atoms with Gasteiger partial charge in [0, 0.05) is 17.8 Å². The zero-order valence-electron chi connectivity index (χ0n) is 13.7. The number of aromatic nitrogens is 3. The number of fused-ring (bicyclic) bond motifs is 1. The van der Waals surface area contributed by atoms with Crippen molar-refractivity contribution >= 4 is 22.6 Å². The van der Waals surface area contributed by atoms with Gasteiger partial charge in [0.15, 0.2) is 0 Å². The Morgan fingerprint density at radius 3 is 2.68 bits per heavy atom. The number of aryl methyl sites for hydroxylation is 1. The van der Waals surface area contributed by atoms with Crippen molar-refractivity contribution in [3.8, 4) is 5.69 Å². The van der Waals surface area contributed by atoms with Crippen LogP contribution in [-0.2, 0) is 0 Å². The lowest BCUT2D eigenvalue weighted by Gasteiger charge is -2.10. The third-order valence-corrected chi connectivity index (χ3v) is 3.97. The summed E-state index contributed by atoms with van der Waals surface area (Å²) in [5, 5.41) is 8.45. The van der Waals surface area contributed by atoms with Crippen LogP contribution in [0.4, 0.5) is 5.82 Å². The van der Waals surface area contributed by atoms with Gasteiger partial charge >= 0.3 is 0 Å². The Kier molecular flexibility index (Phi) is 3.74. The van der Waals surface area contributed by atoms with Crippen LogP contribution in [0.2, 0.25) is 0 Å². The van der Waals surface area contributed by atoms with E-state index in [1.807, 2.05) is 67.7 Å². The van der Waals surface area contributed by atoms with Gasteiger partial charge in [0.1, 0.15) is 5.82 Å². The maximum absolute atomic E-state index is 12.7. The number of hydrogen-bond donors (Lipinski definition) is 1. The highest BCUT2D eigenvalue weighted by molar-refractivity contribution is 6.06. The van der Waals surface area contributed by atoms with Crippen molar-refractivity contribution in [2.75, 3.05) is 5.32 Å². The van der Waals surface area contributed by atoms with E-state index in [0.29, 0.717) is 11.4 Å². The molecule has 1 amide bonds. The Balaban J connectivity index is 1.72. The van der Waals surface area contributed by atoms with Crippen LogP contribution in [0.3, 0.4) is 0 Å². The predicted molar refractivity (Wildman–Crippen MR) is 98.0 cm³/mol. The van der Waals surface area contributed by atoms with Gasteiger partial charge in [-0.1, -0.05) is 30.3 Å². The molecular weight excluding hydrogens is 312 g/mol. The topological polar surface area (TPSA) is 59.8 Å². The van der Waals surface area contributed by atoms with Crippen LogP contribution < -0.4 is 5.32 Å². The van der Waals surface area contributed by atoms with E-state index < -0.39 is 0 Å². The molecule has 0 saturated carbocycles. The molecule has 0 aliphatic heterocycles. The lowest BCUT2D eigenvalue weighted by molar-refractivity contribution is 0.102. The van der Waals surface area contributed by atoms with E-state index in [1.54, 1.807) is 16.9 Å². The number of amides is 1. The van der Waals surface area contributed by atoms with Gasteiger partial charge in [-0.25, -0.2) is 9.67 Å². The van der Waals surface area contributed by atoms with Gasteiger partial charge in [-0.15, -0.1) is 0 Å². The van der Waals surface area contributed by atoms with E-state index in [2.05, 4.69) is 15.4 Å². The maximum Gasteiger partial charge on any atom is 0.259 e. The number of para-hydroxylation sites is 1. The second-order valence-corrected chi connectivity index (χ2v) is 5.82. The Morgan fingerprint density at radius 1 is 1.04 bits per heavy atom.